The van der Waals surface area contributed by atoms with E-state index < -0.39 is 0 Å². The van der Waals surface area contributed by atoms with Crippen LogP contribution in [0.3, 0.4) is 0 Å². The fraction of sp³-hybridized carbons (Fsp3) is 0.583. The summed E-state index contributed by atoms with van der Waals surface area (Å²) in [5.41, 5.74) is 6.43. The van der Waals surface area contributed by atoms with Crippen LogP contribution in [-0.4, -0.2) is 29.1 Å². The summed E-state index contributed by atoms with van der Waals surface area (Å²) in [7, 11) is 0. The summed E-state index contributed by atoms with van der Waals surface area (Å²) in [6.45, 7) is 5.76. The Bertz CT molecular complexity index is 403. The van der Waals surface area contributed by atoms with Gasteiger partial charge in [0.25, 0.3) is 0 Å². The van der Waals surface area contributed by atoms with E-state index in [1.54, 1.807) is 0 Å². The molecule has 17 heavy (non-hydrogen) atoms. The SMILES string of the molecule is Cc1ccc(N2CCC(C)(C(=N)N)CC2)nn1. The van der Waals surface area contributed by atoms with Crippen molar-refractivity contribution in [2.45, 2.75) is 26.7 Å². The van der Waals surface area contributed by atoms with Gasteiger partial charge in [-0.1, -0.05) is 6.92 Å². The molecule has 2 heterocycles. The summed E-state index contributed by atoms with van der Waals surface area (Å²) in [6, 6.07) is 3.97. The number of nitrogens with one attached hydrogen (secondary N) is 1. The van der Waals surface area contributed by atoms with Crippen LogP contribution in [0.1, 0.15) is 25.5 Å². The van der Waals surface area contributed by atoms with Gasteiger partial charge in [0, 0.05) is 18.5 Å². The molecular formula is C12H19N5. The predicted molar refractivity (Wildman–Crippen MR) is 68.2 cm³/mol. The summed E-state index contributed by atoms with van der Waals surface area (Å²) in [5, 5.41) is 15.9. The lowest BCUT2D eigenvalue weighted by Gasteiger charge is -2.38. The topological polar surface area (TPSA) is 78.9 Å². The van der Waals surface area contributed by atoms with E-state index in [-0.39, 0.29) is 5.41 Å². The average molecular weight is 233 g/mol. The molecule has 5 nitrogen and oxygen atoms in total. The van der Waals surface area contributed by atoms with Crippen molar-refractivity contribution in [3.8, 4) is 0 Å². The zero-order chi connectivity index (χ0) is 12.5. The highest BCUT2D eigenvalue weighted by atomic mass is 15.3. The lowest BCUT2D eigenvalue weighted by atomic mass is 9.79. The lowest BCUT2D eigenvalue weighted by molar-refractivity contribution is 0.349. The largest absolute Gasteiger partial charge is 0.387 e. The van der Waals surface area contributed by atoms with E-state index in [9.17, 15) is 0 Å². The zero-order valence-electron chi connectivity index (χ0n) is 10.4. The summed E-state index contributed by atoms with van der Waals surface area (Å²) in [6.07, 6.45) is 1.80. The van der Waals surface area contributed by atoms with Crippen molar-refractivity contribution in [1.29, 1.82) is 5.41 Å². The molecule has 5 heteroatoms. The Morgan fingerprint density at radius 3 is 2.47 bits per heavy atom. The third-order valence-electron chi connectivity index (χ3n) is 3.63. The first-order chi connectivity index (χ1) is 8.01. The second kappa shape index (κ2) is 4.31. The Morgan fingerprint density at radius 2 is 2.00 bits per heavy atom. The van der Waals surface area contributed by atoms with Crippen molar-refractivity contribution in [3.05, 3.63) is 17.8 Å². The van der Waals surface area contributed by atoms with Crippen LogP contribution < -0.4 is 10.6 Å². The van der Waals surface area contributed by atoms with Gasteiger partial charge >= 0.3 is 0 Å². The smallest absolute Gasteiger partial charge is 0.151 e. The van der Waals surface area contributed by atoms with E-state index in [0.717, 1.165) is 37.4 Å². The molecule has 1 aliphatic rings. The second-order valence-electron chi connectivity index (χ2n) is 4.99. The highest BCUT2D eigenvalue weighted by molar-refractivity contribution is 5.83. The zero-order valence-corrected chi connectivity index (χ0v) is 10.4. The van der Waals surface area contributed by atoms with Crippen molar-refractivity contribution in [2.24, 2.45) is 11.1 Å². The van der Waals surface area contributed by atoms with Crippen molar-refractivity contribution < 1.29 is 0 Å². The molecule has 1 fully saturated rings. The summed E-state index contributed by atoms with van der Waals surface area (Å²) in [5.74, 6) is 1.22. The van der Waals surface area contributed by atoms with Crippen LogP contribution in [0.2, 0.25) is 0 Å². The van der Waals surface area contributed by atoms with Crippen LogP contribution in [-0.2, 0) is 0 Å². The van der Waals surface area contributed by atoms with Gasteiger partial charge in [-0.3, -0.25) is 5.41 Å². The number of aryl methyl sites for hydroxylation is 1. The molecule has 0 saturated carbocycles. The van der Waals surface area contributed by atoms with Gasteiger partial charge in [-0.2, -0.15) is 5.10 Å². The van der Waals surface area contributed by atoms with Crippen LogP contribution in [0.25, 0.3) is 0 Å². The third kappa shape index (κ3) is 2.38. The highest BCUT2D eigenvalue weighted by Crippen LogP contribution is 2.31. The van der Waals surface area contributed by atoms with Gasteiger partial charge < -0.3 is 10.6 Å². The molecule has 0 atom stereocenters. The Morgan fingerprint density at radius 1 is 1.35 bits per heavy atom. The van der Waals surface area contributed by atoms with Crippen LogP contribution in [0.15, 0.2) is 12.1 Å². The highest BCUT2D eigenvalue weighted by Gasteiger charge is 2.33. The van der Waals surface area contributed by atoms with Gasteiger partial charge in [-0.15, -0.1) is 5.10 Å². The van der Waals surface area contributed by atoms with Crippen molar-refractivity contribution in [2.75, 3.05) is 18.0 Å². The quantitative estimate of drug-likeness (QED) is 0.596. The van der Waals surface area contributed by atoms with Crippen LogP contribution in [0, 0.1) is 17.7 Å². The maximum atomic E-state index is 7.62. The van der Waals surface area contributed by atoms with Crippen molar-refractivity contribution in [3.63, 3.8) is 0 Å². The number of nitrogens with zero attached hydrogens (tertiary/aromatic N) is 3. The monoisotopic (exact) mass is 233 g/mol. The molecule has 0 radical (unpaired) electrons. The normalized spacial score (nSPS) is 19.1. The Hall–Kier alpha value is -1.65. The number of rotatable bonds is 2. The number of piperidine rings is 1. The fourth-order valence-electron chi connectivity index (χ4n) is 2.06. The van der Waals surface area contributed by atoms with Gasteiger partial charge in [-0.25, -0.2) is 0 Å². The Balaban J connectivity index is 2.04. The number of amidine groups is 1. The minimum atomic E-state index is -0.144. The van der Waals surface area contributed by atoms with Crippen LogP contribution in [0.5, 0.6) is 0 Å². The molecule has 1 aromatic heterocycles. The minimum Gasteiger partial charge on any atom is -0.387 e. The molecule has 3 N–H and O–H groups in total. The molecule has 0 aliphatic carbocycles. The fourth-order valence-corrected chi connectivity index (χ4v) is 2.06. The molecule has 92 valence electrons. The number of anilines is 1. The first kappa shape index (κ1) is 11.8. The number of hydrogen-bond donors (Lipinski definition) is 2. The standard InChI is InChI=1S/C12H19N5/c1-9-3-4-10(16-15-9)17-7-5-12(2,6-8-17)11(13)14/h3-4H,5-8H2,1-2H3,(H3,13,14). The molecule has 0 amide bonds. The molecule has 0 spiro atoms. The average Bonchev–Trinajstić information content (AvgIpc) is 2.31. The maximum absolute atomic E-state index is 7.62. The van der Waals surface area contributed by atoms with Gasteiger partial charge in [-0.05, 0) is 31.9 Å². The number of aromatic nitrogens is 2. The second-order valence-corrected chi connectivity index (χ2v) is 4.99. The molecule has 1 aliphatic heterocycles. The molecule has 1 saturated heterocycles. The van der Waals surface area contributed by atoms with E-state index in [1.165, 1.54) is 0 Å². The molecule has 1 aromatic rings. The van der Waals surface area contributed by atoms with Crippen molar-refractivity contribution in [1.82, 2.24) is 10.2 Å². The molecule has 2 rings (SSSR count). The third-order valence-corrected chi connectivity index (χ3v) is 3.63. The van der Waals surface area contributed by atoms with Crippen LogP contribution >= 0.6 is 0 Å². The van der Waals surface area contributed by atoms with E-state index in [1.807, 2.05) is 19.1 Å². The summed E-state index contributed by atoms with van der Waals surface area (Å²) < 4.78 is 0. The molecular weight excluding hydrogens is 214 g/mol. The first-order valence-electron chi connectivity index (χ1n) is 5.91. The van der Waals surface area contributed by atoms with Gasteiger partial charge in [0.1, 0.15) is 0 Å². The minimum absolute atomic E-state index is 0.144. The van der Waals surface area contributed by atoms with E-state index in [2.05, 4.69) is 22.0 Å². The summed E-state index contributed by atoms with van der Waals surface area (Å²) >= 11 is 0. The van der Waals surface area contributed by atoms with Gasteiger partial charge in [0.2, 0.25) is 0 Å². The van der Waals surface area contributed by atoms with Gasteiger partial charge in [0.15, 0.2) is 5.82 Å². The Labute approximate surface area is 102 Å². The maximum Gasteiger partial charge on any atom is 0.151 e. The molecule has 0 aromatic carbocycles. The molecule has 0 bridgehead atoms. The lowest BCUT2D eigenvalue weighted by Crippen LogP contribution is -2.45. The van der Waals surface area contributed by atoms with E-state index in [0.29, 0.717) is 5.84 Å². The summed E-state index contributed by atoms with van der Waals surface area (Å²) in [4.78, 5) is 2.21. The molecule has 0 unspecified atom stereocenters. The number of nitrogens with two attached hydrogens (primary N) is 1. The first-order valence-corrected chi connectivity index (χ1v) is 5.91. The Kier molecular flexibility index (Phi) is 3.00. The number of hydrogen-bond acceptors (Lipinski definition) is 4. The van der Waals surface area contributed by atoms with E-state index in [4.69, 9.17) is 11.1 Å². The van der Waals surface area contributed by atoms with Crippen molar-refractivity contribution >= 4 is 11.7 Å². The predicted octanol–water partition coefficient (Wildman–Crippen LogP) is 1.33. The van der Waals surface area contributed by atoms with E-state index >= 15 is 0 Å². The van der Waals surface area contributed by atoms with Crippen LogP contribution in [0.4, 0.5) is 5.82 Å². The van der Waals surface area contributed by atoms with Gasteiger partial charge in [0.05, 0.1) is 11.5 Å².